The fraction of sp³-hybridized carbons (Fsp3) is 0.200. The molecule has 4 N–H and O–H groups in total. The molecule has 0 aliphatic rings. The quantitative estimate of drug-likeness (QED) is 0.229. The van der Waals surface area contributed by atoms with Gasteiger partial charge in [0.1, 0.15) is 0 Å². The van der Waals surface area contributed by atoms with Crippen molar-refractivity contribution in [1.29, 1.82) is 0 Å². The summed E-state index contributed by atoms with van der Waals surface area (Å²) in [6.07, 6.45) is 0. The van der Waals surface area contributed by atoms with Crippen LogP contribution in [0, 0.1) is 0 Å². The van der Waals surface area contributed by atoms with Gasteiger partial charge in [-0.3, -0.25) is 0 Å². The topological polar surface area (TPSA) is 118 Å². The molecule has 4 aromatic rings. The van der Waals surface area contributed by atoms with E-state index < -0.39 is 11.8 Å². The standard InChI is InChI=1S/C30H30O8/c1-35-25-13-17(5-9-21(25)31)29(18-6-10-22(32)26(14-18)36-2)30(19-7-11-23(33)27(15-19)37-3)20-8-12-24(34)28(16-20)38-4/h5-16,29-34H,1-4H3. The summed E-state index contributed by atoms with van der Waals surface area (Å²) < 4.78 is 21.6. The van der Waals surface area contributed by atoms with Crippen molar-refractivity contribution >= 4 is 0 Å². The van der Waals surface area contributed by atoms with Crippen molar-refractivity contribution in [3.05, 3.63) is 95.1 Å². The van der Waals surface area contributed by atoms with Gasteiger partial charge in [0.2, 0.25) is 0 Å². The minimum atomic E-state index is -0.428. The Hall–Kier alpha value is -4.72. The van der Waals surface area contributed by atoms with E-state index in [2.05, 4.69) is 0 Å². The van der Waals surface area contributed by atoms with Crippen LogP contribution in [0.25, 0.3) is 0 Å². The van der Waals surface area contributed by atoms with E-state index in [-0.39, 0.29) is 23.0 Å². The van der Waals surface area contributed by atoms with Gasteiger partial charge >= 0.3 is 0 Å². The average Bonchev–Trinajstić information content (AvgIpc) is 2.93. The first-order chi connectivity index (χ1) is 18.3. The van der Waals surface area contributed by atoms with Crippen LogP contribution in [0.15, 0.2) is 72.8 Å². The van der Waals surface area contributed by atoms with Crippen LogP contribution in [0.3, 0.4) is 0 Å². The summed E-state index contributed by atoms with van der Waals surface area (Å²) in [5.74, 6) is 0.295. The molecule has 0 amide bonds. The van der Waals surface area contributed by atoms with Crippen LogP contribution in [0.1, 0.15) is 34.1 Å². The van der Waals surface area contributed by atoms with E-state index in [1.165, 1.54) is 28.4 Å². The predicted octanol–water partition coefficient (Wildman–Crippen LogP) is 5.51. The minimum absolute atomic E-state index is 0.00700. The summed E-state index contributed by atoms with van der Waals surface area (Å²) in [6.45, 7) is 0. The zero-order valence-electron chi connectivity index (χ0n) is 21.5. The molecule has 0 bridgehead atoms. The first-order valence-electron chi connectivity index (χ1n) is 11.8. The van der Waals surface area contributed by atoms with Crippen molar-refractivity contribution in [1.82, 2.24) is 0 Å². The molecule has 0 radical (unpaired) electrons. The second-order valence-electron chi connectivity index (χ2n) is 8.68. The highest BCUT2D eigenvalue weighted by molar-refractivity contribution is 5.55. The Morgan fingerprint density at radius 2 is 0.605 bits per heavy atom. The number of benzene rings is 4. The van der Waals surface area contributed by atoms with E-state index in [9.17, 15) is 20.4 Å². The molecule has 4 aromatic carbocycles. The first-order valence-corrected chi connectivity index (χ1v) is 11.8. The molecule has 8 heteroatoms. The van der Waals surface area contributed by atoms with E-state index in [4.69, 9.17) is 18.9 Å². The molecule has 0 aromatic heterocycles. The number of hydrogen-bond acceptors (Lipinski definition) is 8. The van der Waals surface area contributed by atoms with Crippen LogP contribution in [-0.4, -0.2) is 48.9 Å². The molecule has 0 aliphatic carbocycles. The molecule has 0 unspecified atom stereocenters. The maximum Gasteiger partial charge on any atom is 0.160 e. The van der Waals surface area contributed by atoms with E-state index >= 15 is 0 Å². The summed E-state index contributed by atoms with van der Waals surface area (Å²) in [5.41, 5.74) is 3.15. The number of aromatic hydroxyl groups is 4. The van der Waals surface area contributed by atoms with E-state index in [1.54, 1.807) is 72.8 Å². The minimum Gasteiger partial charge on any atom is -0.504 e. The summed E-state index contributed by atoms with van der Waals surface area (Å²) >= 11 is 0. The van der Waals surface area contributed by atoms with Crippen molar-refractivity contribution in [2.75, 3.05) is 28.4 Å². The van der Waals surface area contributed by atoms with Crippen molar-refractivity contribution in [3.63, 3.8) is 0 Å². The molecule has 0 saturated heterocycles. The molecule has 0 fully saturated rings. The Morgan fingerprint density at radius 3 is 0.789 bits per heavy atom. The zero-order chi connectivity index (χ0) is 27.4. The summed E-state index contributed by atoms with van der Waals surface area (Å²) in [5, 5.41) is 41.2. The monoisotopic (exact) mass is 518 g/mol. The van der Waals surface area contributed by atoms with E-state index in [1.807, 2.05) is 0 Å². The lowest BCUT2D eigenvalue weighted by Gasteiger charge is -2.30. The largest absolute Gasteiger partial charge is 0.504 e. The summed E-state index contributed by atoms with van der Waals surface area (Å²) in [6, 6.07) is 20.4. The highest BCUT2D eigenvalue weighted by Gasteiger charge is 2.31. The van der Waals surface area contributed by atoms with Gasteiger partial charge in [0.05, 0.1) is 28.4 Å². The van der Waals surface area contributed by atoms with Crippen molar-refractivity contribution < 1.29 is 39.4 Å². The maximum atomic E-state index is 10.3. The van der Waals surface area contributed by atoms with Crippen LogP contribution >= 0.6 is 0 Å². The molecule has 38 heavy (non-hydrogen) atoms. The lowest BCUT2D eigenvalue weighted by atomic mass is 9.73. The number of phenols is 4. The van der Waals surface area contributed by atoms with Crippen molar-refractivity contribution in [2.24, 2.45) is 0 Å². The van der Waals surface area contributed by atoms with Gasteiger partial charge in [0.25, 0.3) is 0 Å². The van der Waals surface area contributed by atoms with Gasteiger partial charge in [-0.1, -0.05) is 24.3 Å². The Kier molecular flexibility index (Phi) is 7.71. The summed E-state index contributed by atoms with van der Waals surface area (Å²) in [4.78, 5) is 0. The third-order valence-corrected chi connectivity index (χ3v) is 6.58. The van der Waals surface area contributed by atoms with Gasteiger partial charge in [-0.15, -0.1) is 0 Å². The third kappa shape index (κ3) is 5.06. The SMILES string of the molecule is COc1cc(C(c2ccc(O)c(OC)c2)C(c2ccc(O)c(OC)c2)c2ccc(O)c(OC)c2)ccc1O. The molecule has 0 spiro atoms. The lowest BCUT2D eigenvalue weighted by Crippen LogP contribution is -2.15. The predicted molar refractivity (Wildman–Crippen MR) is 142 cm³/mol. The van der Waals surface area contributed by atoms with Gasteiger partial charge < -0.3 is 39.4 Å². The average molecular weight is 519 g/mol. The number of ether oxygens (including phenoxy) is 4. The Balaban J connectivity index is 2.06. The van der Waals surface area contributed by atoms with Gasteiger partial charge in [0, 0.05) is 11.8 Å². The lowest BCUT2D eigenvalue weighted by molar-refractivity contribution is 0.370. The van der Waals surface area contributed by atoms with Crippen LogP contribution in [-0.2, 0) is 0 Å². The number of methoxy groups -OCH3 is 4. The number of rotatable bonds is 9. The third-order valence-electron chi connectivity index (χ3n) is 6.58. The second kappa shape index (κ2) is 11.1. The second-order valence-corrected chi connectivity index (χ2v) is 8.68. The van der Waals surface area contributed by atoms with Crippen LogP contribution in [0.5, 0.6) is 46.0 Å². The maximum absolute atomic E-state index is 10.3. The van der Waals surface area contributed by atoms with Crippen molar-refractivity contribution in [3.8, 4) is 46.0 Å². The Labute approximate surface area is 220 Å². The normalized spacial score (nSPS) is 11.0. The molecule has 4 rings (SSSR count). The highest BCUT2D eigenvalue weighted by Crippen LogP contribution is 2.48. The zero-order valence-corrected chi connectivity index (χ0v) is 21.5. The smallest absolute Gasteiger partial charge is 0.160 e. The van der Waals surface area contributed by atoms with Crippen LogP contribution < -0.4 is 18.9 Å². The van der Waals surface area contributed by atoms with Gasteiger partial charge in [0.15, 0.2) is 46.0 Å². The van der Waals surface area contributed by atoms with Gasteiger partial charge in [-0.2, -0.15) is 0 Å². The molecule has 0 heterocycles. The Morgan fingerprint density at radius 1 is 0.395 bits per heavy atom. The fourth-order valence-electron chi connectivity index (χ4n) is 4.71. The number of hydrogen-bond donors (Lipinski definition) is 4. The van der Waals surface area contributed by atoms with Crippen molar-refractivity contribution in [2.45, 2.75) is 11.8 Å². The van der Waals surface area contributed by atoms with Gasteiger partial charge in [-0.25, -0.2) is 0 Å². The first kappa shape index (κ1) is 26.3. The highest BCUT2D eigenvalue weighted by atomic mass is 16.5. The van der Waals surface area contributed by atoms with E-state index in [0.29, 0.717) is 23.0 Å². The van der Waals surface area contributed by atoms with E-state index in [0.717, 1.165) is 22.3 Å². The molecular weight excluding hydrogens is 488 g/mol. The molecule has 0 atom stereocenters. The van der Waals surface area contributed by atoms with Crippen LogP contribution in [0.4, 0.5) is 0 Å². The van der Waals surface area contributed by atoms with Crippen LogP contribution in [0.2, 0.25) is 0 Å². The molecule has 0 aliphatic heterocycles. The Bertz CT molecular complexity index is 1220. The molecular formula is C30H30O8. The fourth-order valence-corrected chi connectivity index (χ4v) is 4.71. The molecule has 8 nitrogen and oxygen atoms in total. The number of phenolic OH excluding ortho intramolecular Hbond substituents is 4. The molecule has 198 valence electrons. The van der Waals surface area contributed by atoms with Gasteiger partial charge in [-0.05, 0) is 70.8 Å². The molecule has 0 saturated carbocycles. The summed E-state index contributed by atoms with van der Waals surface area (Å²) in [7, 11) is 5.91.